The molecule has 0 amide bonds. The van der Waals surface area contributed by atoms with E-state index >= 15 is 0 Å². The van der Waals surface area contributed by atoms with Gasteiger partial charge in [0.25, 0.3) is 0 Å². The van der Waals surface area contributed by atoms with Crippen molar-refractivity contribution in [2.24, 2.45) is 0 Å². The summed E-state index contributed by atoms with van der Waals surface area (Å²) in [7, 11) is 1.58. The summed E-state index contributed by atoms with van der Waals surface area (Å²) in [4.78, 5) is 0. The number of hydrogen-bond donors (Lipinski definition) is 1. The van der Waals surface area contributed by atoms with Crippen molar-refractivity contribution in [3.8, 4) is 5.75 Å². The van der Waals surface area contributed by atoms with Crippen molar-refractivity contribution in [1.82, 2.24) is 0 Å². The molecule has 5 heteroatoms. The SMILES string of the molecule is COc1ccccc1CNc1ccc(C(F)(F)F)cc1. The molecule has 2 nitrogen and oxygen atoms in total. The molecular formula is C15H14F3NO. The number of halogens is 3. The number of hydrogen-bond acceptors (Lipinski definition) is 2. The summed E-state index contributed by atoms with van der Waals surface area (Å²) in [5, 5.41) is 3.07. The van der Waals surface area contributed by atoms with Crippen molar-refractivity contribution < 1.29 is 17.9 Å². The van der Waals surface area contributed by atoms with Crippen molar-refractivity contribution in [2.75, 3.05) is 12.4 Å². The predicted octanol–water partition coefficient (Wildman–Crippen LogP) is 4.33. The lowest BCUT2D eigenvalue weighted by molar-refractivity contribution is -0.137. The first-order valence-corrected chi connectivity index (χ1v) is 6.04. The number of nitrogens with one attached hydrogen (secondary N) is 1. The highest BCUT2D eigenvalue weighted by atomic mass is 19.4. The van der Waals surface area contributed by atoms with E-state index in [4.69, 9.17) is 4.74 Å². The molecule has 0 radical (unpaired) electrons. The van der Waals surface area contributed by atoms with Crippen LogP contribution in [-0.2, 0) is 12.7 Å². The van der Waals surface area contributed by atoms with Crippen LogP contribution in [0.25, 0.3) is 0 Å². The third-order valence-electron chi connectivity index (χ3n) is 2.89. The maximum absolute atomic E-state index is 12.4. The van der Waals surface area contributed by atoms with Crippen molar-refractivity contribution in [2.45, 2.75) is 12.7 Å². The summed E-state index contributed by atoms with van der Waals surface area (Å²) in [5.41, 5.74) is 0.916. The Labute approximate surface area is 115 Å². The molecule has 0 aromatic heterocycles. The van der Waals surface area contributed by atoms with Gasteiger partial charge in [-0.3, -0.25) is 0 Å². The van der Waals surface area contributed by atoms with Gasteiger partial charge in [-0.25, -0.2) is 0 Å². The summed E-state index contributed by atoms with van der Waals surface area (Å²) < 4.78 is 42.5. The molecule has 1 N–H and O–H groups in total. The van der Waals surface area contributed by atoms with E-state index in [0.29, 0.717) is 12.2 Å². The average Bonchev–Trinajstić information content (AvgIpc) is 2.45. The van der Waals surface area contributed by atoms with Gasteiger partial charge in [0.05, 0.1) is 12.7 Å². The highest BCUT2D eigenvalue weighted by Crippen LogP contribution is 2.30. The Morgan fingerprint density at radius 2 is 1.65 bits per heavy atom. The molecule has 0 saturated carbocycles. The van der Waals surface area contributed by atoms with E-state index in [1.165, 1.54) is 12.1 Å². The number of benzene rings is 2. The zero-order valence-electron chi connectivity index (χ0n) is 10.9. The smallest absolute Gasteiger partial charge is 0.416 e. The normalized spacial score (nSPS) is 11.2. The zero-order valence-corrected chi connectivity index (χ0v) is 10.9. The largest absolute Gasteiger partial charge is 0.496 e. The maximum atomic E-state index is 12.4. The summed E-state index contributed by atoms with van der Waals surface area (Å²) in [5.74, 6) is 0.743. The van der Waals surface area contributed by atoms with E-state index in [9.17, 15) is 13.2 Å². The van der Waals surface area contributed by atoms with Gasteiger partial charge in [-0.1, -0.05) is 18.2 Å². The van der Waals surface area contributed by atoms with Crippen LogP contribution in [0.1, 0.15) is 11.1 Å². The standard InChI is InChI=1S/C15H14F3NO/c1-20-14-5-3-2-4-11(14)10-19-13-8-6-12(7-9-13)15(16,17)18/h2-9,19H,10H2,1H3. The first-order valence-electron chi connectivity index (χ1n) is 6.04. The molecular weight excluding hydrogens is 267 g/mol. The number of alkyl halides is 3. The van der Waals surface area contributed by atoms with E-state index in [-0.39, 0.29) is 0 Å². The fourth-order valence-corrected chi connectivity index (χ4v) is 1.82. The molecule has 0 aliphatic rings. The van der Waals surface area contributed by atoms with Gasteiger partial charge < -0.3 is 10.1 Å². The quantitative estimate of drug-likeness (QED) is 0.900. The van der Waals surface area contributed by atoms with Crippen LogP contribution < -0.4 is 10.1 Å². The summed E-state index contributed by atoms with van der Waals surface area (Å²) >= 11 is 0. The molecule has 0 aliphatic heterocycles. The molecule has 2 rings (SSSR count). The minimum absolute atomic E-state index is 0.482. The number of anilines is 1. The number of methoxy groups -OCH3 is 1. The molecule has 0 unspecified atom stereocenters. The molecule has 0 spiro atoms. The molecule has 106 valence electrons. The van der Waals surface area contributed by atoms with Gasteiger partial charge in [0, 0.05) is 17.8 Å². The monoisotopic (exact) mass is 281 g/mol. The molecule has 0 saturated heterocycles. The van der Waals surface area contributed by atoms with Gasteiger partial charge in [0.2, 0.25) is 0 Å². The van der Waals surface area contributed by atoms with E-state index in [1.54, 1.807) is 7.11 Å². The Kier molecular flexibility index (Phi) is 4.17. The Morgan fingerprint density at radius 1 is 1.00 bits per heavy atom. The lowest BCUT2D eigenvalue weighted by Crippen LogP contribution is -2.05. The first-order chi connectivity index (χ1) is 9.50. The average molecular weight is 281 g/mol. The van der Waals surface area contributed by atoms with Crippen molar-refractivity contribution >= 4 is 5.69 Å². The molecule has 2 aromatic rings. The van der Waals surface area contributed by atoms with Crippen molar-refractivity contribution in [3.05, 3.63) is 59.7 Å². The van der Waals surface area contributed by atoms with Crippen LogP contribution in [0, 0.1) is 0 Å². The van der Waals surface area contributed by atoms with Gasteiger partial charge in [-0.05, 0) is 30.3 Å². The van der Waals surface area contributed by atoms with Crippen molar-refractivity contribution in [3.63, 3.8) is 0 Å². The minimum atomic E-state index is -4.30. The molecule has 0 bridgehead atoms. The zero-order chi connectivity index (χ0) is 14.6. The van der Waals surface area contributed by atoms with Gasteiger partial charge in [0.1, 0.15) is 5.75 Å². The molecule has 0 atom stereocenters. The van der Waals surface area contributed by atoms with E-state index in [0.717, 1.165) is 23.4 Å². The molecule has 0 heterocycles. The summed E-state index contributed by atoms with van der Waals surface area (Å²) in [6.45, 7) is 0.482. The van der Waals surface area contributed by atoms with Crippen LogP contribution in [-0.4, -0.2) is 7.11 Å². The maximum Gasteiger partial charge on any atom is 0.416 e. The van der Waals surface area contributed by atoms with Gasteiger partial charge in [0.15, 0.2) is 0 Å². The van der Waals surface area contributed by atoms with Crippen LogP contribution in [0.5, 0.6) is 5.75 Å². The lowest BCUT2D eigenvalue weighted by Gasteiger charge is -2.11. The second-order valence-electron chi connectivity index (χ2n) is 4.24. The predicted molar refractivity (Wildman–Crippen MR) is 71.8 cm³/mol. The van der Waals surface area contributed by atoms with Crippen LogP contribution >= 0.6 is 0 Å². The fourth-order valence-electron chi connectivity index (χ4n) is 1.82. The fraction of sp³-hybridized carbons (Fsp3) is 0.200. The highest BCUT2D eigenvalue weighted by molar-refractivity contribution is 5.47. The Hall–Kier alpha value is -2.17. The second kappa shape index (κ2) is 5.86. The Balaban J connectivity index is 2.04. The van der Waals surface area contributed by atoms with E-state index in [2.05, 4.69) is 5.32 Å². The van der Waals surface area contributed by atoms with Crippen molar-refractivity contribution in [1.29, 1.82) is 0 Å². The third kappa shape index (κ3) is 3.44. The lowest BCUT2D eigenvalue weighted by atomic mass is 10.1. The summed E-state index contributed by atoms with van der Waals surface area (Å²) in [6, 6.07) is 12.4. The second-order valence-corrected chi connectivity index (χ2v) is 4.24. The molecule has 20 heavy (non-hydrogen) atoms. The van der Waals surface area contributed by atoms with Gasteiger partial charge in [-0.15, -0.1) is 0 Å². The highest BCUT2D eigenvalue weighted by Gasteiger charge is 2.29. The van der Waals surface area contributed by atoms with Crippen LogP contribution in [0.3, 0.4) is 0 Å². The van der Waals surface area contributed by atoms with E-state index in [1.807, 2.05) is 24.3 Å². The molecule has 0 fully saturated rings. The van der Waals surface area contributed by atoms with E-state index < -0.39 is 11.7 Å². The number of rotatable bonds is 4. The van der Waals surface area contributed by atoms with Crippen LogP contribution in [0.4, 0.5) is 18.9 Å². The third-order valence-corrected chi connectivity index (χ3v) is 2.89. The minimum Gasteiger partial charge on any atom is -0.496 e. The Morgan fingerprint density at radius 3 is 2.25 bits per heavy atom. The topological polar surface area (TPSA) is 21.3 Å². The number of para-hydroxylation sites is 1. The van der Waals surface area contributed by atoms with Gasteiger partial charge >= 0.3 is 6.18 Å². The van der Waals surface area contributed by atoms with Crippen LogP contribution in [0.15, 0.2) is 48.5 Å². The Bertz CT molecular complexity index is 564. The summed E-state index contributed by atoms with van der Waals surface area (Å²) in [6.07, 6.45) is -4.30. The molecule has 2 aromatic carbocycles. The van der Waals surface area contributed by atoms with Crippen LogP contribution in [0.2, 0.25) is 0 Å². The molecule has 0 aliphatic carbocycles. The van der Waals surface area contributed by atoms with Gasteiger partial charge in [-0.2, -0.15) is 13.2 Å². The first kappa shape index (κ1) is 14.2. The number of ether oxygens (including phenoxy) is 1.